The second-order valence-electron chi connectivity index (χ2n) is 6.64. The summed E-state index contributed by atoms with van der Waals surface area (Å²) in [4.78, 5) is 17.0. The molecule has 4 rings (SSSR count). The molecule has 2 heterocycles. The van der Waals surface area contributed by atoms with E-state index in [0.29, 0.717) is 16.8 Å². The van der Waals surface area contributed by atoms with Crippen molar-refractivity contribution in [1.29, 1.82) is 0 Å². The fourth-order valence-corrected chi connectivity index (χ4v) is 3.16. The van der Waals surface area contributed by atoms with Gasteiger partial charge in [-0.25, -0.2) is 4.39 Å². The van der Waals surface area contributed by atoms with Crippen LogP contribution in [0.2, 0.25) is 0 Å². The van der Waals surface area contributed by atoms with Gasteiger partial charge in [0.1, 0.15) is 5.82 Å². The number of amides is 1. The summed E-state index contributed by atoms with van der Waals surface area (Å²) in [6.45, 7) is 3.63. The quantitative estimate of drug-likeness (QED) is 0.635. The molecule has 3 aromatic rings. The lowest BCUT2D eigenvalue weighted by molar-refractivity contribution is -0.111. The van der Waals surface area contributed by atoms with E-state index in [-0.39, 0.29) is 11.7 Å². The van der Waals surface area contributed by atoms with E-state index in [4.69, 9.17) is 0 Å². The molecule has 1 aliphatic rings. The van der Waals surface area contributed by atoms with Crippen LogP contribution in [0.4, 0.5) is 15.8 Å². The molecule has 1 aliphatic heterocycles. The Morgan fingerprint density at radius 2 is 1.93 bits per heavy atom. The summed E-state index contributed by atoms with van der Waals surface area (Å²) in [5.41, 5.74) is 11.6. The van der Waals surface area contributed by atoms with Crippen LogP contribution >= 0.6 is 0 Å². The molecule has 0 bridgehead atoms. The number of anilines is 2. The zero-order chi connectivity index (χ0) is 19.7. The Morgan fingerprint density at radius 3 is 2.71 bits per heavy atom. The lowest BCUT2D eigenvalue weighted by Crippen LogP contribution is -2.25. The molecule has 28 heavy (non-hydrogen) atoms. The molecule has 0 spiro atoms. The number of aryl methyl sites for hydroxylation is 1. The minimum absolute atomic E-state index is 0.254. The fourth-order valence-electron chi connectivity index (χ4n) is 3.16. The standard InChI is InChI=1S/C22H19FN4O/c1-13-6-8-16(11-24-13)26-22(28)19-12-25-27-21-9-7-15(10-18(19)21)17-4-3-5-20(23)14(17)2/h3-12,25,27H,1-2H3,(H,26,28). The van der Waals surface area contributed by atoms with Crippen molar-refractivity contribution < 1.29 is 9.18 Å². The van der Waals surface area contributed by atoms with Crippen molar-refractivity contribution in [1.82, 2.24) is 10.4 Å². The number of halogens is 1. The van der Waals surface area contributed by atoms with Gasteiger partial charge in [-0.05, 0) is 60.9 Å². The number of carbonyl (C=O) groups is 1. The van der Waals surface area contributed by atoms with Crippen molar-refractivity contribution in [3.63, 3.8) is 0 Å². The maximum atomic E-state index is 14.0. The second-order valence-corrected chi connectivity index (χ2v) is 6.64. The van der Waals surface area contributed by atoms with E-state index in [0.717, 1.165) is 28.1 Å². The average Bonchev–Trinajstić information content (AvgIpc) is 2.71. The number of benzene rings is 2. The summed E-state index contributed by atoms with van der Waals surface area (Å²) >= 11 is 0. The van der Waals surface area contributed by atoms with Crippen molar-refractivity contribution in [2.75, 3.05) is 10.7 Å². The highest BCUT2D eigenvalue weighted by Gasteiger charge is 2.20. The minimum Gasteiger partial charge on any atom is -0.321 e. The van der Waals surface area contributed by atoms with E-state index in [1.165, 1.54) is 6.07 Å². The number of nitrogens with zero attached hydrogens (tertiary/aromatic N) is 1. The van der Waals surface area contributed by atoms with E-state index in [2.05, 4.69) is 21.2 Å². The Hall–Kier alpha value is -3.67. The van der Waals surface area contributed by atoms with E-state index in [9.17, 15) is 9.18 Å². The van der Waals surface area contributed by atoms with Crippen molar-refractivity contribution >= 4 is 22.9 Å². The number of nitrogens with one attached hydrogen (secondary N) is 3. The lowest BCUT2D eigenvalue weighted by atomic mass is 9.94. The molecule has 2 aromatic carbocycles. The van der Waals surface area contributed by atoms with Gasteiger partial charge in [0.2, 0.25) is 0 Å². The monoisotopic (exact) mass is 374 g/mol. The summed E-state index contributed by atoms with van der Waals surface area (Å²) in [5, 5.41) is 2.86. The van der Waals surface area contributed by atoms with E-state index in [1.807, 2.05) is 43.3 Å². The van der Waals surface area contributed by atoms with Gasteiger partial charge >= 0.3 is 0 Å². The van der Waals surface area contributed by atoms with Crippen LogP contribution in [0.3, 0.4) is 0 Å². The normalized spacial score (nSPS) is 12.3. The van der Waals surface area contributed by atoms with Gasteiger partial charge in [-0.2, -0.15) is 0 Å². The van der Waals surface area contributed by atoms with Gasteiger partial charge in [-0.3, -0.25) is 9.78 Å². The van der Waals surface area contributed by atoms with E-state index < -0.39 is 0 Å². The predicted molar refractivity (Wildman–Crippen MR) is 109 cm³/mol. The summed E-state index contributed by atoms with van der Waals surface area (Å²) in [6.07, 6.45) is 3.23. The fraction of sp³-hybridized carbons (Fsp3) is 0.0909. The Kier molecular flexibility index (Phi) is 4.53. The number of rotatable bonds is 3. The third kappa shape index (κ3) is 3.32. The van der Waals surface area contributed by atoms with Crippen LogP contribution in [0.25, 0.3) is 16.7 Å². The SMILES string of the molecule is Cc1ccc(NC(=O)C2=CNNc3ccc(-c4cccc(F)c4C)cc32)cn1. The zero-order valence-corrected chi connectivity index (χ0v) is 15.5. The van der Waals surface area contributed by atoms with Gasteiger partial charge in [0.25, 0.3) is 5.91 Å². The molecule has 0 atom stereocenters. The molecule has 5 nitrogen and oxygen atoms in total. The lowest BCUT2D eigenvalue weighted by Gasteiger charge is -2.21. The first-order chi connectivity index (χ1) is 13.5. The van der Waals surface area contributed by atoms with Gasteiger partial charge < -0.3 is 16.2 Å². The molecule has 0 saturated heterocycles. The highest BCUT2D eigenvalue weighted by atomic mass is 19.1. The van der Waals surface area contributed by atoms with Crippen molar-refractivity contribution in [2.45, 2.75) is 13.8 Å². The molecular formula is C22H19FN4O. The largest absolute Gasteiger partial charge is 0.321 e. The highest BCUT2D eigenvalue weighted by molar-refractivity contribution is 6.26. The van der Waals surface area contributed by atoms with Gasteiger partial charge in [-0.1, -0.05) is 18.2 Å². The van der Waals surface area contributed by atoms with Crippen LogP contribution in [0.15, 0.2) is 60.9 Å². The van der Waals surface area contributed by atoms with E-state index >= 15 is 0 Å². The Labute approximate surface area is 162 Å². The number of fused-ring (bicyclic) bond motifs is 1. The van der Waals surface area contributed by atoms with Gasteiger partial charge in [0, 0.05) is 17.5 Å². The first kappa shape index (κ1) is 17.7. The van der Waals surface area contributed by atoms with Crippen LogP contribution in [0.5, 0.6) is 0 Å². The molecular weight excluding hydrogens is 355 g/mol. The Morgan fingerprint density at radius 1 is 1.07 bits per heavy atom. The Bertz CT molecular complexity index is 1090. The number of hydrazine groups is 1. The summed E-state index contributed by atoms with van der Waals surface area (Å²) in [7, 11) is 0. The van der Waals surface area contributed by atoms with Crippen molar-refractivity contribution in [3.05, 3.63) is 83.6 Å². The third-order valence-corrected chi connectivity index (χ3v) is 4.73. The first-order valence-electron chi connectivity index (χ1n) is 8.88. The van der Waals surface area contributed by atoms with Gasteiger partial charge in [-0.15, -0.1) is 0 Å². The van der Waals surface area contributed by atoms with E-state index in [1.54, 1.807) is 25.4 Å². The maximum absolute atomic E-state index is 14.0. The van der Waals surface area contributed by atoms with Crippen LogP contribution in [0, 0.1) is 19.7 Å². The molecule has 0 unspecified atom stereocenters. The smallest absolute Gasteiger partial charge is 0.257 e. The molecule has 0 radical (unpaired) electrons. The molecule has 3 N–H and O–H groups in total. The van der Waals surface area contributed by atoms with Gasteiger partial charge in [0.15, 0.2) is 0 Å². The number of hydrogen-bond donors (Lipinski definition) is 3. The molecule has 0 fully saturated rings. The van der Waals surface area contributed by atoms with Crippen LogP contribution < -0.4 is 16.2 Å². The van der Waals surface area contributed by atoms with Gasteiger partial charge in [0.05, 0.1) is 23.1 Å². The molecule has 1 amide bonds. The number of carbonyl (C=O) groups excluding carboxylic acids is 1. The minimum atomic E-state index is -0.256. The number of hydrogen-bond acceptors (Lipinski definition) is 4. The number of pyridine rings is 1. The predicted octanol–water partition coefficient (Wildman–Crippen LogP) is 4.41. The van der Waals surface area contributed by atoms with Crippen LogP contribution in [-0.4, -0.2) is 10.9 Å². The molecule has 0 aliphatic carbocycles. The second kappa shape index (κ2) is 7.15. The first-order valence-corrected chi connectivity index (χ1v) is 8.88. The third-order valence-electron chi connectivity index (χ3n) is 4.73. The molecule has 6 heteroatoms. The highest BCUT2D eigenvalue weighted by Crippen LogP contribution is 2.33. The van der Waals surface area contributed by atoms with Crippen LogP contribution in [0.1, 0.15) is 16.8 Å². The Balaban J connectivity index is 1.69. The van der Waals surface area contributed by atoms with Crippen molar-refractivity contribution in [2.24, 2.45) is 0 Å². The maximum Gasteiger partial charge on any atom is 0.257 e. The average molecular weight is 374 g/mol. The summed E-state index contributed by atoms with van der Waals surface area (Å²) in [5.74, 6) is -0.510. The summed E-state index contributed by atoms with van der Waals surface area (Å²) in [6, 6.07) is 14.3. The number of aromatic nitrogens is 1. The van der Waals surface area contributed by atoms with Crippen molar-refractivity contribution in [3.8, 4) is 11.1 Å². The van der Waals surface area contributed by atoms with Crippen LogP contribution in [-0.2, 0) is 4.79 Å². The molecule has 0 saturated carbocycles. The summed E-state index contributed by atoms with van der Waals surface area (Å²) < 4.78 is 14.0. The molecule has 1 aromatic heterocycles. The topological polar surface area (TPSA) is 66.1 Å². The zero-order valence-electron chi connectivity index (χ0n) is 15.5. The molecule has 140 valence electrons.